The van der Waals surface area contributed by atoms with Crippen molar-refractivity contribution < 1.29 is 0 Å². The van der Waals surface area contributed by atoms with Crippen LogP contribution in [-0.4, -0.2) is 21.4 Å². The van der Waals surface area contributed by atoms with Crippen molar-refractivity contribution >= 4 is 21.4 Å². The molecule has 0 aliphatic heterocycles. The lowest BCUT2D eigenvalue weighted by atomic mass is 9.11. The summed E-state index contributed by atoms with van der Waals surface area (Å²) < 4.78 is 0. The highest BCUT2D eigenvalue weighted by Gasteiger charge is 2.25. The fourth-order valence-electron chi connectivity index (χ4n) is 5.19. The molecule has 0 aromatic heterocycles. The molecule has 0 bridgehead atoms. The van der Waals surface area contributed by atoms with Crippen molar-refractivity contribution in [2.45, 2.75) is 127 Å². The summed E-state index contributed by atoms with van der Waals surface area (Å²) >= 11 is 0. The number of rotatable bonds is 4. The second-order valence-electron chi connectivity index (χ2n) is 9.24. The molecule has 0 aromatic carbocycles. The third-order valence-electron chi connectivity index (χ3n) is 6.93. The topological polar surface area (TPSA) is 0 Å². The summed E-state index contributed by atoms with van der Waals surface area (Å²) in [5.41, 5.74) is 0. The van der Waals surface area contributed by atoms with Crippen molar-refractivity contribution in [3.8, 4) is 0 Å². The molecule has 3 heteroatoms. The number of hydrogen-bond donors (Lipinski definition) is 0. The first-order valence-electron chi connectivity index (χ1n) is 11.3. The van der Waals surface area contributed by atoms with Crippen LogP contribution in [0.25, 0.3) is 0 Å². The molecule has 2 rings (SSSR count). The van der Waals surface area contributed by atoms with Crippen molar-refractivity contribution in [3.05, 3.63) is 0 Å². The number of hydrogen-bond acceptors (Lipinski definition) is 0. The molecule has 0 aromatic rings. The molecule has 0 saturated heterocycles. The minimum atomic E-state index is 0.676. The maximum absolute atomic E-state index is 2.62. The van der Waals surface area contributed by atoms with E-state index in [4.69, 9.17) is 0 Å². The fraction of sp³-hybridized carbons (Fsp3) is 1.00. The van der Waals surface area contributed by atoms with Crippen LogP contribution in [0.1, 0.15) is 116 Å². The summed E-state index contributed by atoms with van der Waals surface area (Å²) in [6, 6.07) is 0. The van der Waals surface area contributed by atoms with Crippen LogP contribution in [0, 0.1) is 0 Å². The Morgan fingerprint density at radius 1 is 0.609 bits per heavy atom. The van der Waals surface area contributed by atoms with Gasteiger partial charge in [-0.2, -0.15) is 0 Å². The maximum atomic E-state index is 2.62. The Kier molecular flexibility index (Phi) is 9.93. The molecule has 0 N–H and O–H groups in total. The van der Waals surface area contributed by atoms with E-state index in [0.717, 1.165) is 5.82 Å². The van der Waals surface area contributed by atoms with Gasteiger partial charge in [-0.15, -0.1) is 0 Å². The van der Waals surface area contributed by atoms with E-state index < -0.39 is 0 Å². The molecule has 0 radical (unpaired) electrons. The van der Waals surface area contributed by atoms with Crippen molar-refractivity contribution in [1.29, 1.82) is 0 Å². The molecule has 0 nitrogen and oxygen atoms in total. The largest absolute Gasteiger partial charge is 0.0858 e. The molecule has 0 atom stereocenters. The van der Waals surface area contributed by atoms with Crippen LogP contribution in [0.3, 0.4) is 0 Å². The van der Waals surface area contributed by atoms with E-state index >= 15 is 0 Å². The van der Waals surface area contributed by atoms with Crippen molar-refractivity contribution in [2.75, 3.05) is 0 Å². The van der Waals surface area contributed by atoms with Gasteiger partial charge in [-0.05, 0) is 0 Å². The van der Waals surface area contributed by atoms with Crippen LogP contribution in [0.2, 0.25) is 11.1 Å². The van der Waals surface area contributed by atoms with E-state index in [1.165, 1.54) is 131 Å². The van der Waals surface area contributed by atoms with Crippen LogP contribution in [-0.2, 0) is 0 Å². The van der Waals surface area contributed by atoms with Gasteiger partial charge in [0.05, 0.1) is 21.4 Å². The Labute approximate surface area is 149 Å². The molecule has 2 fully saturated rings. The molecule has 0 amide bonds. The summed E-state index contributed by atoms with van der Waals surface area (Å²) in [5, 5.41) is 0.676. The lowest BCUT2D eigenvalue weighted by Gasteiger charge is -2.30. The van der Waals surface area contributed by atoms with Gasteiger partial charge in [0.1, 0.15) is 0 Å². The first kappa shape index (κ1) is 19.5. The van der Waals surface area contributed by atoms with Gasteiger partial charge in [-0.1, -0.05) is 127 Å². The van der Waals surface area contributed by atoms with Crippen LogP contribution < -0.4 is 0 Å². The summed E-state index contributed by atoms with van der Waals surface area (Å²) in [7, 11) is 4.57. The van der Waals surface area contributed by atoms with E-state index in [0.29, 0.717) is 5.31 Å². The Morgan fingerprint density at radius 2 is 1.04 bits per heavy atom. The third kappa shape index (κ3) is 8.73. The highest BCUT2D eigenvalue weighted by atomic mass is 14.2. The monoisotopic (exact) mass is 314 g/mol. The zero-order chi connectivity index (χ0) is 16.2. The Bertz CT molecular complexity index is 273. The minimum absolute atomic E-state index is 0.676. The highest BCUT2D eigenvalue weighted by Crippen LogP contribution is 2.38. The van der Waals surface area contributed by atoms with Gasteiger partial charge >= 0.3 is 0 Å². The average molecular weight is 314 g/mol. The predicted octanol–water partition coefficient (Wildman–Crippen LogP) is 5.75. The molecule has 0 heterocycles. The molecule has 130 valence electrons. The summed E-state index contributed by atoms with van der Waals surface area (Å²) in [4.78, 5) is 0. The molecule has 0 unspecified atom stereocenters. The van der Waals surface area contributed by atoms with E-state index in [1.54, 1.807) is 0 Å². The van der Waals surface area contributed by atoms with Gasteiger partial charge in [0.15, 0.2) is 0 Å². The van der Waals surface area contributed by atoms with Gasteiger partial charge in [-0.3, -0.25) is 0 Å². The van der Waals surface area contributed by atoms with E-state index in [9.17, 15) is 0 Å². The molecule has 23 heavy (non-hydrogen) atoms. The SMILES string of the molecule is CC1(BBBC2CCCCCCCC2)CCCCCCCCC1. The highest BCUT2D eigenvalue weighted by molar-refractivity contribution is 7.30. The van der Waals surface area contributed by atoms with Gasteiger partial charge in [0.25, 0.3) is 0 Å². The standard InChI is InChI=1S/C20H41B3/c1-20(17-13-9-5-2-6-10-14-18-20)22-23-21-19-15-11-7-3-4-8-12-16-19/h19,21-23H,2-18H2,1H3. The second kappa shape index (κ2) is 11.7. The zero-order valence-electron chi connectivity index (χ0n) is 16.2. The van der Waals surface area contributed by atoms with Gasteiger partial charge in [-0.25, -0.2) is 0 Å². The molecule has 2 saturated carbocycles. The lowest BCUT2D eigenvalue weighted by Crippen LogP contribution is -2.28. The maximum Gasteiger partial charge on any atom is 0.0858 e. The molecule has 2 aliphatic rings. The van der Waals surface area contributed by atoms with E-state index in [-0.39, 0.29) is 0 Å². The van der Waals surface area contributed by atoms with Crippen molar-refractivity contribution in [3.63, 3.8) is 0 Å². The Hall–Kier alpha value is 0.195. The van der Waals surface area contributed by atoms with Crippen molar-refractivity contribution in [1.82, 2.24) is 0 Å². The first-order chi connectivity index (χ1) is 11.3. The van der Waals surface area contributed by atoms with Crippen molar-refractivity contribution in [2.24, 2.45) is 0 Å². The third-order valence-corrected chi connectivity index (χ3v) is 6.93. The van der Waals surface area contributed by atoms with Gasteiger partial charge in [0, 0.05) is 0 Å². The second-order valence-corrected chi connectivity index (χ2v) is 9.24. The summed E-state index contributed by atoms with van der Waals surface area (Å²) in [5.74, 6) is 1.07. The normalized spacial score (nSPS) is 25.4. The van der Waals surface area contributed by atoms with E-state index in [1.807, 2.05) is 0 Å². The lowest BCUT2D eigenvalue weighted by molar-refractivity contribution is 0.429. The Balaban J connectivity index is 1.70. The van der Waals surface area contributed by atoms with Gasteiger partial charge in [0.2, 0.25) is 0 Å². The first-order valence-corrected chi connectivity index (χ1v) is 11.3. The zero-order valence-corrected chi connectivity index (χ0v) is 16.2. The fourth-order valence-corrected chi connectivity index (χ4v) is 5.19. The summed E-state index contributed by atoms with van der Waals surface area (Å²) in [6.45, 7) is 2.62. The predicted molar refractivity (Wildman–Crippen MR) is 112 cm³/mol. The van der Waals surface area contributed by atoms with Crippen LogP contribution in [0.15, 0.2) is 0 Å². The van der Waals surface area contributed by atoms with Gasteiger partial charge < -0.3 is 0 Å². The molecule has 2 aliphatic carbocycles. The average Bonchev–Trinajstić information content (AvgIpc) is 2.68. The minimum Gasteiger partial charge on any atom is -0.0740 e. The Morgan fingerprint density at radius 3 is 1.57 bits per heavy atom. The van der Waals surface area contributed by atoms with Crippen LogP contribution in [0.5, 0.6) is 0 Å². The molecular formula is C20H41B3. The van der Waals surface area contributed by atoms with Crippen LogP contribution in [0.4, 0.5) is 0 Å². The quantitative estimate of drug-likeness (QED) is 0.579. The molecule has 0 spiro atoms. The van der Waals surface area contributed by atoms with E-state index in [2.05, 4.69) is 6.92 Å². The summed E-state index contributed by atoms with van der Waals surface area (Å²) in [6.07, 6.45) is 25.6. The van der Waals surface area contributed by atoms with Crippen LogP contribution >= 0.6 is 0 Å². The molecular weight excluding hydrogens is 273 g/mol. The smallest absolute Gasteiger partial charge is 0.0740 e.